The van der Waals surface area contributed by atoms with Crippen LogP contribution >= 0.6 is 0 Å². The Labute approximate surface area is 199 Å². The number of sulfone groups is 1. The van der Waals surface area contributed by atoms with Gasteiger partial charge in [-0.25, -0.2) is 8.42 Å². The molecule has 0 bridgehead atoms. The second-order valence-electron chi connectivity index (χ2n) is 10.3. The van der Waals surface area contributed by atoms with Crippen molar-refractivity contribution >= 4 is 21.7 Å². The van der Waals surface area contributed by atoms with E-state index in [0.29, 0.717) is 32.4 Å². The highest BCUT2D eigenvalue weighted by atomic mass is 32.2. The summed E-state index contributed by atoms with van der Waals surface area (Å²) in [7, 11) is -2.97. The van der Waals surface area contributed by atoms with Gasteiger partial charge in [-0.1, -0.05) is 6.92 Å². The smallest absolute Gasteiger partial charge is 0.225 e. The second-order valence-corrected chi connectivity index (χ2v) is 12.8. The average molecular weight is 486 g/mol. The van der Waals surface area contributed by atoms with E-state index in [0.717, 1.165) is 44.9 Å². The normalized spacial score (nSPS) is 32.9. The van der Waals surface area contributed by atoms with Gasteiger partial charge in [0.1, 0.15) is 0 Å². The second kappa shape index (κ2) is 12.0. The third-order valence-electron chi connectivity index (χ3n) is 7.81. The van der Waals surface area contributed by atoms with Gasteiger partial charge < -0.3 is 10.2 Å². The molecule has 0 aromatic rings. The molecule has 2 saturated carbocycles. The Morgan fingerprint density at radius 3 is 2.24 bits per heavy atom. The molecule has 33 heavy (non-hydrogen) atoms. The largest absolute Gasteiger partial charge is 0.353 e. The third kappa shape index (κ3) is 7.39. The first-order valence-corrected chi connectivity index (χ1v) is 14.6. The van der Waals surface area contributed by atoms with Crippen LogP contribution in [-0.2, 0) is 24.3 Å². The van der Waals surface area contributed by atoms with E-state index in [1.165, 1.54) is 0 Å². The molecule has 190 valence electrons. The summed E-state index contributed by atoms with van der Waals surface area (Å²) in [6.07, 6.45) is 7.85. The molecule has 0 aromatic heterocycles. The lowest BCUT2D eigenvalue weighted by Crippen LogP contribution is -2.46. The highest BCUT2D eigenvalue weighted by Gasteiger charge is 2.33. The number of hydrogen-bond acceptors (Lipinski definition) is 6. The Bertz CT molecular complexity index is 758. The lowest BCUT2D eigenvalue weighted by Gasteiger charge is -2.33. The first-order valence-electron chi connectivity index (χ1n) is 12.9. The lowest BCUT2D eigenvalue weighted by atomic mass is 9.84. The summed E-state index contributed by atoms with van der Waals surface area (Å²) in [5.41, 5.74) is 3.03. The molecular weight excluding hydrogens is 442 g/mol. The molecule has 2 unspecified atom stereocenters. The van der Waals surface area contributed by atoms with Gasteiger partial charge in [-0.05, 0) is 77.6 Å². The molecule has 1 heterocycles. The van der Waals surface area contributed by atoms with Crippen molar-refractivity contribution in [2.24, 2.45) is 11.8 Å². The van der Waals surface area contributed by atoms with E-state index in [9.17, 15) is 18.0 Å². The summed E-state index contributed by atoms with van der Waals surface area (Å²) >= 11 is 0. The van der Waals surface area contributed by atoms with Crippen molar-refractivity contribution in [3.8, 4) is 0 Å². The fourth-order valence-electron chi connectivity index (χ4n) is 5.68. The van der Waals surface area contributed by atoms with E-state index in [1.807, 2.05) is 18.7 Å². The number of amides is 2. The Balaban J connectivity index is 1.36. The average Bonchev–Trinajstić information content (AvgIpc) is 3.22. The van der Waals surface area contributed by atoms with Gasteiger partial charge in [-0.2, -0.15) is 5.48 Å². The zero-order chi connectivity index (χ0) is 24.0. The zero-order valence-electron chi connectivity index (χ0n) is 20.6. The number of hydrogen-bond donors (Lipinski definition) is 2. The Morgan fingerprint density at radius 1 is 1.03 bits per heavy atom. The molecule has 3 aliphatic rings. The summed E-state index contributed by atoms with van der Waals surface area (Å²) in [5, 5.41) is 2.95. The molecular formula is C24H43N3O5S. The van der Waals surface area contributed by atoms with Crippen LogP contribution in [0, 0.1) is 11.8 Å². The monoisotopic (exact) mass is 485 g/mol. The fraction of sp³-hybridized carbons (Fsp3) is 0.917. The van der Waals surface area contributed by atoms with Crippen molar-refractivity contribution in [3.63, 3.8) is 0 Å². The minimum absolute atomic E-state index is 0.0358. The molecule has 1 aliphatic heterocycles. The standard InChI is InChI=1S/C24H43N3O5S/c1-4-27(16-21-14-17(3)32-26-21)24(29)19-8-10-20(11-9-19)25-23(28)15-18-6-12-22(13-7-18)33(30,31)5-2/h17-22,26H,4-16H2,1-3H3,(H,25,28). The maximum absolute atomic E-state index is 13.0. The highest BCUT2D eigenvalue weighted by molar-refractivity contribution is 7.92. The van der Waals surface area contributed by atoms with E-state index in [4.69, 9.17) is 4.84 Å². The molecule has 8 nitrogen and oxygen atoms in total. The highest BCUT2D eigenvalue weighted by Crippen LogP contribution is 2.31. The number of carbonyl (C=O) groups excluding carboxylic acids is 2. The molecule has 0 radical (unpaired) electrons. The van der Waals surface area contributed by atoms with Gasteiger partial charge >= 0.3 is 0 Å². The maximum Gasteiger partial charge on any atom is 0.225 e. The first kappa shape index (κ1) is 26.4. The molecule has 2 amide bonds. The Morgan fingerprint density at radius 2 is 1.70 bits per heavy atom. The number of nitrogens with zero attached hydrogens (tertiary/aromatic N) is 1. The van der Waals surface area contributed by atoms with Gasteiger partial charge in [0.15, 0.2) is 9.84 Å². The third-order valence-corrected chi connectivity index (χ3v) is 10.1. The van der Waals surface area contributed by atoms with Gasteiger partial charge in [0, 0.05) is 37.2 Å². The van der Waals surface area contributed by atoms with Crippen molar-refractivity contribution in [1.29, 1.82) is 0 Å². The lowest BCUT2D eigenvalue weighted by molar-refractivity contribution is -0.137. The molecule has 3 rings (SSSR count). The van der Waals surface area contributed by atoms with Crippen LogP contribution in [-0.4, -0.2) is 67.4 Å². The predicted octanol–water partition coefficient (Wildman–Crippen LogP) is 2.58. The van der Waals surface area contributed by atoms with Crippen molar-refractivity contribution in [3.05, 3.63) is 0 Å². The van der Waals surface area contributed by atoms with Crippen LogP contribution < -0.4 is 10.8 Å². The fourth-order valence-corrected chi connectivity index (χ4v) is 7.15. The summed E-state index contributed by atoms with van der Waals surface area (Å²) in [4.78, 5) is 33.0. The van der Waals surface area contributed by atoms with E-state index in [2.05, 4.69) is 10.8 Å². The molecule has 9 heteroatoms. The molecule has 2 atom stereocenters. The van der Waals surface area contributed by atoms with Crippen molar-refractivity contribution in [1.82, 2.24) is 15.7 Å². The summed E-state index contributed by atoms with van der Waals surface area (Å²) in [5.74, 6) is 0.814. The number of likely N-dealkylation sites (N-methyl/N-ethyl adjacent to an activating group) is 1. The predicted molar refractivity (Wildman–Crippen MR) is 128 cm³/mol. The topological polar surface area (TPSA) is 105 Å². The van der Waals surface area contributed by atoms with Gasteiger partial charge in [0.2, 0.25) is 11.8 Å². The van der Waals surface area contributed by atoms with Crippen LogP contribution in [0.4, 0.5) is 0 Å². The summed E-state index contributed by atoms with van der Waals surface area (Å²) < 4.78 is 24.1. The molecule has 2 N–H and O–H groups in total. The van der Waals surface area contributed by atoms with Crippen molar-refractivity contribution < 1.29 is 22.8 Å². The van der Waals surface area contributed by atoms with Crippen LogP contribution in [0.25, 0.3) is 0 Å². The van der Waals surface area contributed by atoms with Crippen LogP contribution in [0.15, 0.2) is 0 Å². The van der Waals surface area contributed by atoms with Crippen LogP contribution in [0.1, 0.15) is 85.0 Å². The van der Waals surface area contributed by atoms with Crippen LogP contribution in [0.3, 0.4) is 0 Å². The SMILES string of the molecule is CCN(CC1CC(C)ON1)C(=O)C1CCC(NC(=O)CC2CCC(S(=O)(=O)CC)CC2)CC1. The van der Waals surface area contributed by atoms with Crippen LogP contribution in [0.2, 0.25) is 0 Å². The molecule has 2 aliphatic carbocycles. The maximum atomic E-state index is 13.0. The molecule has 0 aromatic carbocycles. The van der Waals surface area contributed by atoms with E-state index in [1.54, 1.807) is 6.92 Å². The zero-order valence-corrected chi connectivity index (χ0v) is 21.4. The van der Waals surface area contributed by atoms with Crippen molar-refractivity contribution in [2.75, 3.05) is 18.8 Å². The summed E-state index contributed by atoms with van der Waals surface area (Å²) in [6.45, 7) is 7.14. The minimum Gasteiger partial charge on any atom is -0.353 e. The van der Waals surface area contributed by atoms with Crippen LogP contribution in [0.5, 0.6) is 0 Å². The number of nitrogens with one attached hydrogen (secondary N) is 2. The molecule has 0 spiro atoms. The van der Waals surface area contributed by atoms with Gasteiger partial charge in [-0.3, -0.25) is 14.4 Å². The Hall–Kier alpha value is -1.19. The minimum atomic E-state index is -2.97. The Kier molecular flexibility index (Phi) is 9.59. The van der Waals surface area contributed by atoms with Crippen molar-refractivity contribution in [2.45, 2.75) is 108 Å². The first-order chi connectivity index (χ1) is 15.7. The van der Waals surface area contributed by atoms with Gasteiger partial charge in [0.05, 0.1) is 17.4 Å². The quantitative estimate of drug-likeness (QED) is 0.520. The van der Waals surface area contributed by atoms with E-state index in [-0.39, 0.29) is 52.8 Å². The molecule has 1 saturated heterocycles. The van der Waals surface area contributed by atoms with Gasteiger partial charge in [0.25, 0.3) is 0 Å². The summed E-state index contributed by atoms with van der Waals surface area (Å²) in [6, 6.07) is 0.329. The number of rotatable bonds is 9. The van der Waals surface area contributed by atoms with E-state index >= 15 is 0 Å². The number of carbonyl (C=O) groups is 2. The molecule has 3 fully saturated rings. The van der Waals surface area contributed by atoms with E-state index < -0.39 is 9.84 Å². The number of hydroxylamine groups is 1. The van der Waals surface area contributed by atoms with Gasteiger partial charge in [-0.15, -0.1) is 0 Å².